The highest BCUT2D eigenvalue weighted by Gasteiger charge is 2.35. The Morgan fingerprint density at radius 3 is 2.70 bits per heavy atom. The van der Waals surface area contributed by atoms with Gasteiger partial charge in [0, 0.05) is 36.2 Å². The molecule has 1 aliphatic heterocycles. The molecule has 0 spiro atoms. The lowest BCUT2D eigenvalue weighted by Gasteiger charge is -2.16. The van der Waals surface area contributed by atoms with E-state index in [2.05, 4.69) is 10.1 Å². The number of rotatable bonds is 4. The molecule has 4 rings (SSSR count). The van der Waals surface area contributed by atoms with Crippen LogP contribution in [0.4, 0.5) is 14.5 Å². The Morgan fingerprint density at radius 2 is 1.96 bits per heavy atom. The maximum atomic E-state index is 13.5. The number of hydrogen-bond donors (Lipinski definition) is 0. The summed E-state index contributed by atoms with van der Waals surface area (Å²) in [4.78, 5) is 18.0. The molecule has 1 aliphatic rings. The second-order valence-corrected chi connectivity index (χ2v) is 6.22. The Labute approximate surface area is 153 Å². The molecule has 8 heteroatoms. The van der Waals surface area contributed by atoms with Gasteiger partial charge in [0.1, 0.15) is 17.4 Å². The van der Waals surface area contributed by atoms with Gasteiger partial charge in [-0.2, -0.15) is 4.98 Å². The highest BCUT2D eigenvalue weighted by atomic mass is 19.1. The van der Waals surface area contributed by atoms with Crippen molar-refractivity contribution in [2.75, 3.05) is 18.6 Å². The molecule has 1 amide bonds. The van der Waals surface area contributed by atoms with E-state index in [0.29, 0.717) is 23.0 Å². The summed E-state index contributed by atoms with van der Waals surface area (Å²) in [6, 6.07) is 10.2. The van der Waals surface area contributed by atoms with E-state index in [4.69, 9.17) is 9.26 Å². The Kier molecular flexibility index (Phi) is 4.31. The van der Waals surface area contributed by atoms with Gasteiger partial charge in [-0.05, 0) is 30.3 Å². The zero-order valence-corrected chi connectivity index (χ0v) is 14.4. The molecule has 0 saturated carbocycles. The standard InChI is InChI=1S/C19H15F2N3O3/c1-26-16-4-2-3-11(5-16)19-22-18(23-27-19)12-6-17(25)24(10-12)15-8-13(20)7-14(21)9-15/h2-5,7-9,12H,6,10H2,1H3. The number of nitrogens with zero attached hydrogens (tertiary/aromatic N) is 3. The number of hydrogen-bond acceptors (Lipinski definition) is 5. The predicted octanol–water partition coefficient (Wildman–Crippen LogP) is 3.54. The number of benzene rings is 2. The Morgan fingerprint density at radius 1 is 1.19 bits per heavy atom. The zero-order valence-electron chi connectivity index (χ0n) is 14.4. The number of ether oxygens (including phenoxy) is 1. The maximum absolute atomic E-state index is 13.5. The molecule has 3 aromatic rings. The fourth-order valence-electron chi connectivity index (χ4n) is 3.10. The van der Waals surface area contributed by atoms with Crippen LogP contribution in [-0.2, 0) is 4.79 Å². The Hall–Kier alpha value is -3.29. The van der Waals surface area contributed by atoms with E-state index in [1.54, 1.807) is 31.4 Å². The van der Waals surface area contributed by atoms with Gasteiger partial charge in [0.15, 0.2) is 5.82 Å². The number of carbonyl (C=O) groups is 1. The SMILES string of the molecule is COc1cccc(-c2nc(C3CC(=O)N(c4cc(F)cc(F)c4)C3)no2)c1. The molecule has 1 fully saturated rings. The molecule has 0 N–H and O–H groups in total. The Bertz CT molecular complexity index is 985. The van der Waals surface area contributed by atoms with Gasteiger partial charge in [-0.15, -0.1) is 0 Å². The summed E-state index contributed by atoms with van der Waals surface area (Å²) in [5.74, 6) is -0.707. The van der Waals surface area contributed by atoms with E-state index >= 15 is 0 Å². The lowest BCUT2D eigenvalue weighted by molar-refractivity contribution is -0.117. The first-order valence-electron chi connectivity index (χ1n) is 8.28. The summed E-state index contributed by atoms with van der Waals surface area (Å²) in [7, 11) is 1.56. The van der Waals surface area contributed by atoms with Crippen LogP contribution in [0.25, 0.3) is 11.5 Å². The first-order valence-corrected chi connectivity index (χ1v) is 8.28. The van der Waals surface area contributed by atoms with Gasteiger partial charge in [0.25, 0.3) is 5.89 Å². The van der Waals surface area contributed by atoms with Gasteiger partial charge in [-0.25, -0.2) is 8.78 Å². The second-order valence-electron chi connectivity index (χ2n) is 6.22. The summed E-state index contributed by atoms with van der Waals surface area (Å²) in [5.41, 5.74) is 0.873. The van der Waals surface area contributed by atoms with Crippen LogP contribution in [0.1, 0.15) is 18.2 Å². The fraction of sp³-hybridized carbons (Fsp3) is 0.211. The molecular weight excluding hydrogens is 356 g/mol. The summed E-state index contributed by atoms with van der Waals surface area (Å²) in [6.45, 7) is 0.221. The molecule has 0 radical (unpaired) electrons. The van der Waals surface area contributed by atoms with Crippen molar-refractivity contribution in [3.63, 3.8) is 0 Å². The number of carbonyl (C=O) groups excluding carboxylic acids is 1. The molecular formula is C19H15F2N3O3. The lowest BCUT2D eigenvalue weighted by Crippen LogP contribution is -2.24. The van der Waals surface area contributed by atoms with Gasteiger partial charge in [0.2, 0.25) is 5.91 Å². The van der Waals surface area contributed by atoms with Gasteiger partial charge in [0.05, 0.1) is 7.11 Å². The molecule has 6 nitrogen and oxygen atoms in total. The van der Waals surface area contributed by atoms with Crippen molar-refractivity contribution >= 4 is 11.6 Å². The van der Waals surface area contributed by atoms with Crippen LogP contribution in [0.5, 0.6) is 5.75 Å². The third-order valence-corrected chi connectivity index (χ3v) is 4.41. The largest absolute Gasteiger partial charge is 0.497 e. The maximum Gasteiger partial charge on any atom is 0.258 e. The lowest BCUT2D eigenvalue weighted by atomic mass is 10.1. The van der Waals surface area contributed by atoms with E-state index in [1.165, 1.54) is 4.90 Å². The normalized spacial score (nSPS) is 16.8. The van der Waals surface area contributed by atoms with Crippen molar-refractivity contribution in [2.24, 2.45) is 0 Å². The molecule has 27 heavy (non-hydrogen) atoms. The quantitative estimate of drug-likeness (QED) is 0.702. The number of aromatic nitrogens is 2. The van der Waals surface area contributed by atoms with Gasteiger partial charge in [-0.3, -0.25) is 4.79 Å². The first kappa shape index (κ1) is 17.1. The summed E-state index contributed by atoms with van der Waals surface area (Å²) < 4.78 is 37.4. The van der Waals surface area contributed by atoms with E-state index < -0.39 is 11.6 Å². The molecule has 1 saturated heterocycles. The number of anilines is 1. The fourth-order valence-corrected chi connectivity index (χ4v) is 3.10. The minimum absolute atomic E-state index is 0.134. The minimum atomic E-state index is -0.735. The highest BCUT2D eigenvalue weighted by molar-refractivity contribution is 5.96. The van der Waals surface area contributed by atoms with Crippen molar-refractivity contribution in [3.05, 3.63) is 59.9 Å². The third-order valence-electron chi connectivity index (χ3n) is 4.41. The van der Waals surface area contributed by atoms with Crippen LogP contribution < -0.4 is 9.64 Å². The van der Waals surface area contributed by atoms with Crippen LogP contribution in [0.3, 0.4) is 0 Å². The van der Waals surface area contributed by atoms with Crippen molar-refractivity contribution in [3.8, 4) is 17.2 Å². The predicted molar refractivity (Wildman–Crippen MR) is 92.4 cm³/mol. The van der Waals surface area contributed by atoms with Crippen LogP contribution in [0.2, 0.25) is 0 Å². The second kappa shape index (κ2) is 6.79. The summed E-state index contributed by atoms with van der Waals surface area (Å²) in [6.07, 6.45) is 0.134. The van der Waals surface area contributed by atoms with E-state index in [9.17, 15) is 13.6 Å². The molecule has 1 atom stereocenters. The van der Waals surface area contributed by atoms with E-state index in [0.717, 1.165) is 18.2 Å². The van der Waals surface area contributed by atoms with Crippen LogP contribution >= 0.6 is 0 Å². The van der Waals surface area contributed by atoms with Gasteiger partial charge in [-0.1, -0.05) is 11.2 Å². The smallest absolute Gasteiger partial charge is 0.258 e. The average Bonchev–Trinajstić information content (AvgIpc) is 3.28. The molecule has 0 bridgehead atoms. The molecule has 2 heterocycles. The summed E-state index contributed by atoms with van der Waals surface area (Å²) >= 11 is 0. The zero-order chi connectivity index (χ0) is 19.0. The van der Waals surface area contributed by atoms with Crippen LogP contribution in [0.15, 0.2) is 47.0 Å². The first-order chi connectivity index (χ1) is 13.0. The Balaban J connectivity index is 1.57. The summed E-state index contributed by atoms with van der Waals surface area (Å²) in [5, 5.41) is 3.97. The van der Waals surface area contributed by atoms with Crippen molar-refractivity contribution in [2.45, 2.75) is 12.3 Å². The van der Waals surface area contributed by atoms with Crippen molar-refractivity contribution in [1.82, 2.24) is 10.1 Å². The topological polar surface area (TPSA) is 68.5 Å². The van der Waals surface area contributed by atoms with E-state index in [-0.39, 0.29) is 30.5 Å². The number of methoxy groups -OCH3 is 1. The van der Waals surface area contributed by atoms with Gasteiger partial charge >= 0.3 is 0 Å². The minimum Gasteiger partial charge on any atom is -0.497 e. The van der Waals surface area contributed by atoms with E-state index in [1.807, 2.05) is 0 Å². The van der Waals surface area contributed by atoms with Crippen molar-refractivity contribution < 1.29 is 22.8 Å². The van der Waals surface area contributed by atoms with Crippen molar-refractivity contribution in [1.29, 1.82) is 0 Å². The highest BCUT2D eigenvalue weighted by Crippen LogP contribution is 2.32. The average molecular weight is 371 g/mol. The molecule has 1 unspecified atom stereocenters. The molecule has 2 aromatic carbocycles. The number of halogens is 2. The molecule has 0 aliphatic carbocycles. The van der Waals surface area contributed by atoms with Crippen LogP contribution in [0, 0.1) is 11.6 Å². The molecule has 138 valence electrons. The van der Waals surface area contributed by atoms with Crippen LogP contribution in [-0.4, -0.2) is 29.7 Å². The third kappa shape index (κ3) is 3.38. The van der Waals surface area contributed by atoms with Gasteiger partial charge < -0.3 is 14.2 Å². The number of amides is 1. The monoisotopic (exact) mass is 371 g/mol. The molecule has 1 aromatic heterocycles.